The van der Waals surface area contributed by atoms with E-state index in [1.165, 1.54) is 18.4 Å². The lowest BCUT2D eigenvalue weighted by Gasteiger charge is -2.27. The van der Waals surface area contributed by atoms with E-state index in [1.54, 1.807) is 0 Å². The summed E-state index contributed by atoms with van der Waals surface area (Å²) < 4.78 is 0. The van der Waals surface area contributed by atoms with Crippen LogP contribution in [0.25, 0.3) is 0 Å². The Balaban J connectivity index is 2.44. The molecule has 1 fully saturated rings. The third-order valence-electron chi connectivity index (χ3n) is 2.05. The monoisotopic (exact) mass is 125 g/mol. The van der Waals surface area contributed by atoms with Crippen LogP contribution >= 0.6 is 0 Å². The molecule has 2 unspecified atom stereocenters. The van der Waals surface area contributed by atoms with E-state index < -0.39 is 0 Å². The number of rotatable bonds is 0. The Labute approximate surface area is 57.1 Å². The highest BCUT2D eigenvalue weighted by atomic mass is 14.9. The van der Waals surface area contributed by atoms with Crippen molar-refractivity contribution < 1.29 is 0 Å². The van der Waals surface area contributed by atoms with Gasteiger partial charge in [0.25, 0.3) is 0 Å². The van der Waals surface area contributed by atoms with Crippen LogP contribution in [0, 0.1) is 0 Å². The van der Waals surface area contributed by atoms with Crippen molar-refractivity contribution in [1.82, 2.24) is 5.32 Å². The molecule has 1 nitrogen and oxygen atoms in total. The van der Waals surface area contributed by atoms with Gasteiger partial charge in [0.1, 0.15) is 0 Å². The Morgan fingerprint density at radius 2 is 2.22 bits per heavy atom. The Bertz CT molecular complexity index is 118. The molecule has 1 saturated heterocycles. The second-order valence-corrected chi connectivity index (χ2v) is 2.99. The molecular weight excluding hydrogens is 110 g/mol. The molecule has 1 heteroatoms. The Hall–Kier alpha value is -0.300. The van der Waals surface area contributed by atoms with Gasteiger partial charge in [0.2, 0.25) is 0 Å². The second kappa shape index (κ2) is 2.53. The average Bonchev–Trinajstić information content (AvgIpc) is 1.80. The van der Waals surface area contributed by atoms with Crippen LogP contribution in [0.3, 0.4) is 0 Å². The van der Waals surface area contributed by atoms with E-state index in [0.717, 1.165) is 0 Å². The highest BCUT2D eigenvalue weighted by Crippen LogP contribution is 2.15. The molecule has 1 heterocycles. The molecule has 0 aromatic heterocycles. The van der Waals surface area contributed by atoms with E-state index in [0.29, 0.717) is 12.1 Å². The first-order valence-corrected chi connectivity index (χ1v) is 3.64. The quantitative estimate of drug-likeness (QED) is 0.486. The highest BCUT2D eigenvalue weighted by Gasteiger charge is 2.15. The first-order chi connectivity index (χ1) is 4.20. The molecule has 52 valence electrons. The summed E-state index contributed by atoms with van der Waals surface area (Å²) in [6.07, 6.45) is 2.46. The molecule has 0 aromatic carbocycles. The van der Waals surface area contributed by atoms with Crippen molar-refractivity contribution in [2.24, 2.45) is 0 Å². The molecule has 0 aromatic rings. The van der Waals surface area contributed by atoms with E-state index in [4.69, 9.17) is 0 Å². The lowest BCUT2D eigenvalue weighted by Crippen LogP contribution is -2.39. The zero-order valence-electron chi connectivity index (χ0n) is 6.28. The fourth-order valence-electron chi connectivity index (χ4n) is 1.25. The van der Waals surface area contributed by atoms with Crippen LogP contribution in [0.2, 0.25) is 0 Å². The molecule has 0 bridgehead atoms. The van der Waals surface area contributed by atoms with Gasteiger partial charge < -0.3 is 5.32 Å². The topological polar surface area (TPSA) is 12.0 Å². The summed E-state index contributed by atoms with van der Waals surface area (Å²) >= 11 is 0. The normalized spacial score (nSPS) is 36.9. The maximum atomic E-state index is 3.97. The van der Waals surface area contributed by atoms with Crippen LogP contribution in [-0.4, -0.2) is 12.1 Å². The molecule has 9 heavy (non-hydrogen) atoms. The van der Waals surface area contributed by atoms with Crippen molar-refractivity contribution in [2.75, 3.05) is 0 Å². The predicted molar refractivity (Wildman–Crippen MR) is 40.4 cm³/mol. The smallest absolute Gasteiger partial charge is 0.0250 e. The molecule has 0 aliphatic carbocycles. The predicted octanol–water partition coefficient (Wildman–Crippen LogP) is 1.70. The van der Waals surface area contributed by atoms with Gasteiger partial charge in [0, 0.05) is 12.1 Å². The van der Waals surface area contributed by atoms with Gasteiger partial charge >= 0.3 is 0 Å². The van der Waals surface area contributed by atoms with Gasteiger partial charge in [-0.25, -0.2) is 0 Å². The number of piperidine rings is 1. The van der Waals surface area contributed by atoms with Crippen LogP contribution in [0.1, 0.15) is 26.7 Å². The fraction of sp³-hybridized carbons (Fsp3) is 0.750. The van der Waals surface area contributed by atoms with Crippen LogP contribution < -0.4 is 5.32 Å². The molecule has 0 saturated carbocycles. The average molecular weight is 125 g/mol. The number of hydrogen-bond acceptors (Lipinski definition) is 1. The van der Waals surface area contributed by atoms with Crippen molar-refractivity contribution in [3.8, 4) is 0 Å². The Morgan fingerprint density at radius 1 is 1.56 bits per heavy atom. The molecule has 1 rings (SSSR count). The van der Waals surface area contributed by atoms with E-state index in [1.807, 2.05) is 0 Å². The largest absolute Gasteiger partial charge is 0.308 e. The first-order valence-electron chi connectivity index (χ1n) is 3.64. The molecule has 1 aliphatic heterocycles. The summed E-state index contributed by atoms with van der Waals surface area (Å²) in [4.78, 5) is 0. The van der Waals surface area contributed by atoms with E-state index in [-0.39, 0.29) is 0 Å². The van der Waals surface area contributed by atoms with Crippen molar-refractivity contribution >= 4 is 0 Å². The maximum Gasteiger partial charge on any atom is 0.0250 e. The fourth-order valence-corrected chi connectivity index (χ4v) is 1.25. The zero-order chi connectivity index (χ0) is 6.85. The van der Waals surface area contributed by atoms with Gasteiger partial charge in [-0.3, -0.25) is 0 Å². The molecule has 0 amide bonds. The van der Waals surface area contributed by atoms with Crippen molar-refractivity contribution in [3.63, 3.8) is 0 Å². The molecule has 0 radical (unpaired) electrons. The second-order valence-electron chi connectivity index (χ2n) is 2.99. The summed E-state index contributed by atoms with van der Waals surface area (Å²) in [5.74, 6) is 0. The maximum absolute atomic E-state index is 3.97. The lowest BCUT2D eigenvalue weighted by molar-refractivity contribution is 0.422. The third-order valence-corrected chi connectivity index (χ3v) is 2.05. The Morgan fingerprint density at radius 3 is 2.67 bits per heavy atom. The van der Waals surface area contributed by atoms with Crippen molar-refractivity contribution in [3.05, 3.63) is 12.2 Å². The van der Waals surface area contributed by atoms with Crippen LogP contribution in [0.4, 0.5) is 0 Å². The Kier molecular flexibility index (Phi) is 1.91. The van der Waals surface area contributed by atoms with Gasteiger partial charge in [0.15, 0.2) is 0 Å². The third kappa shape index (κ3) is 1.55. The zero-order valence-corrected chi connectivity index (χ0v) is 6.28. The molecular formula is C8H15N. The minimum Gasteiger partial charge on any atom is -0.308 e. The van der Waals surface area contributed by atoms with Gasteiger partial charge in [-0.15, -0.1) is 0 Å². The standard InChI is InChI=1S/C8H15N/c1-6-4-5-7(2)9-8(6)3/h7-9H,1,4-5H2,2-3H3. The molecule has 1 N–H and O–H groups in total. The van der Waals surface area contributed by atoms with Crippen molar-refractivity contribution in [1.29, 1.82) is 0 Å². The number of hydrogen-bond donors (Lipinski definition) is 1. The summed E-state index contributed by atoms with van der Waals surface area (Å²) in [6, 6.07) is 1.22. The summed E-state index contributed by atoms with van der Waals surface area (Å²) in [7, 11) is 0. The summed E-state index contributed by atoms with van der Waals surface area (Å²) in [6.45, 7) is 8.37. The van der Waals surface area contributed by atoms with Gasteiger partial charge in [-0.05, 0) is 26.7 Å². The highest BCUT2D eigenvalue weighted by molar-refractivity contribution is 5.07. The van der Waals surface area contributed by atoms with E-state index >= 15 is 0 Å². The molecule has 2 atom stereocenters. The SMILES string of the molecule is C=C1CCC(C)NC1C. The van der Waals surface area contributed by atoms with Crippen molar-refractivity contribution in [2.45, 2.75) is 38.8 Å². The number of nitrogens with one attached hydrogen (secondary N) is 1. The van der Waals surface area contributed by atoms with E-state index in [2.05, 4.69) is 25.7 Å². The minimum atomic E-state index is 0.536. The molecule has 1 aliphatic rings. The first kappa shape index (κ1) is 6.81. The van der Waals surface area contributed by atoms with E-state index in [9.17, 15) is 0 Å². The minimum absolute atomic E-state index is 0.536. The lowest BCUT2D eigenvalue weighted by atomic mass is 9.96. The van der Waals surface area contributed by atoms with Crippen LogP contribution in [0.5, 0.6) is 0 Å². The van der Waals surface area contributed by atoms with Gasteiger partial charge in [-0.1, -0.05) is 12.2 Å². The summed E-state index contributed by atoms with van der Waals surface area (Å²) in [5.41, 5.74) is 1.35. The van der Waals surface area contributed by atoms with Gasteiger partial charge in [0.05, 0.1) is 0 Å². The molecule has 0 spiro atoms. The van der Waals surface area contributed by atoms with Crippen LogP contribution in [-0.2, 0) is 0 Å². The van der Waals surface area contributed by atoms with Gasteiger partial charge in [-0.2, -0.15) is 0 Å². The summed E-state index contributed by atoms with van der Waals surface area (Å²) in [5, 5.41) is 3.43. The van der Waals surface area contributed by atoms with Crippen LogP contribution in [0.15, 0.2) is 12.2 Å².